The molecule has 6 nitrogen and oxygen atoms in total. The van der Waals surface area contributed by atoms with Gasteiger partial charge in [0.25, 0.3) is 5.69 Å². The molecule has 0 heterocycles. The van der Waals surface area contributed by atoms with Crippen molar-refractivity contribution in [2.75, 3.05) is 32.5 Å². The molecule has 0 fully saturated rings. The van der Waals surface area contributed by atoms with Crippen LogP contribution in [-0.2, 0) is 6.54 Å². The number of hydrogen-bond donors (Lipinski definition) is 1. The van der Waals surface area contributed by atoms with E-state index in [1.165, 1.54) is 17.7 Å². The zero-order valence-electron chi connectivity index (χ0n) is 15.1. The van der Waals surface area contributed by atoms with Crippen LogP contribution in [0.25, 0.3) is 0 Å². The Hall–Kier alpha value is -2.51. The lowest BCUT2D eigenvalue weighted by Crippen LogP contribution is -2.36. The third-order valence-electron chi connectivity index (χ3n) is 3.87. The number of nitrogens with zero attached hydrogens (tertiary/aromatic N) is 3. The van der Waals surface area contributed by atoms with Gasteiger partial charge in [0.05, 0.1) is 4.92 Å². The van der Waals surface area contributed by atoms with Crippen LogP contribution in [-0.4, -0.2) is 47.0 Å². The van der Waals surface area contributed by atoms with Crippen molar-refractivity contribution in [2.24, 2.45) is 0 Å². The molecule has 138 valence electrons. The lowest BCUT2D eigenvalue weighted by molar-refractivity contribution is -0.384. The van der Waals surface area contributed by atoms with Gasteiger partial charge in [-0.2, -0.15) is 0 Å². The largest absolute Gasteiger partial charge is 0.345 e. The Balaban J connectivity index is 2.04. The number of anilines is 1. The maximum Gasteiger partial charge on any atom is 0.269 e. The Kier molecular flexibility index (Phi) is 7.50. The fraction of sp³-hybridized carbons (Fsp3) is 0.316. The fourth-order valence-electron chi connectivity index (χ4n) is 2.50. The predicted molar refractivity (Wildman–Crippen MR) is 109 cm³/mol. The molecule has 2 aromatic carbocycles. The van der Waals surface area contributed by atoms with Gasteiger partial charge >= 0.3 is 0 Å². The van der Waals surface area contributed by atoms with E-state index < -0.39 is 4.92 Å². The number of rotatable bonds is 8. The first-order chi connectivity index (χ1) is 12.5. The smallest absolute Gasteiger partial charge is 0.269 e. The number of hydrogen-bond acceptors (Lipinski definition) is 4. The van der Waals surface area contributed by atoms with Gasteiger partial charge in [-0.1, -0.05) is 30.3 Å². The number of non-ortho nitro benzene ring substituents is 1. The summed E-state index contributed by atoms with van der Waals surface area (Å²) in [5.74, 6) is 0. The molecule has 2 rings (SSSR count). The summed E-state index contributed by atoms with van der Waals surface area (Å²) in [5.41, 5.74) is 1.99. The van der Waals surface area contributed by atoms with Gasteiger partial charge in [0, 0.05) is 30.9 Å². The summed E-state index contributed by atoms with van der Waals surface area (Å²) < 4.78 is 0. The monoisotopic (exact) mass is 372 g/mol. The topological polar surface area (TPSA) is 61.6 Å². The highest BCUT2D eigenvalue weighted by molar-refractivity contribution is 7.80. The molecule has 0 saturated heterocycles. The van der Waals surface area contributed by atoms with Gasteiger partial charge in [-0.15, -0.1) is 0 Å². The number of nitrogens with one attached hydrogen (secondary N) is 1. The molecule has 0 aliphatic rings. The summed E-state index contributed by atoms with van der Waals surface area (Å²) in [7, 11) is 4.10. The van der Waals surface area contributed by atoms with Crippen LogP contribution in [0.4, 0.5) is 11.4 Å². The predicted octanol–water partition coefficient (Wildman–Crippen LogP) is 3.75. The SMILES string of the molecule is CN(C)CCCN(Cc1ccccc1)C(=S)Nc1ccc([N+](=O)[O-])cc1. The molecule has 1 N–H and O–H groups in total. The van der Waals surface area contributed by atoms with E-state index in [1.54, 1.807) is 12.1 Å². The van der Waals surface area contributed by atoms with Gasteiger partial charge in [0.15, 0.2) is 5.11 Å². The van der Waals surface area contributed by atoms with E-state index in [9.17, 15) is 10.1 Å². The van der Waals surface area contributed by atoms with Crippen LogP contribution in [0.2, 0.25) is 0 Å². The second-order valence-corrected chi connectivity index (χ2v) is 6.68. The summed E-state index contributed by atoms with van der Waals surface area (Å²) >= 11 is 5.59. The van der Waals surface area contributed by atoms with Crippen molar-refractivity contribution in [3.63, 3.8) is 0 Å². The first kappa shape index (κ1) is 19.8. The van der Waals surface area contributed by atoms with E-state index in [4.69, 9.17) is 12.2 Å². The van der Waals surface area contributed by atoms with Crippen LogP contribution in [0.3, 0.4) is 0 Å². The minimum Gasteiger partial charge on any atom is -0.345 e. The molecule has 0 saturated carbocycles. The second-order valence-electron chi connectivity index (χ2n) is 6.30. The van der Waals surface area contributed by atoms with Crippen LogP contribution >= 0.6 is 12.2 Å². The molecule has 2 aromatic rings. The molecule has 0 amide bonds. The van der Waals surface area contributed by atoms with Crippen LogP contribution in [0.1, 0.15) is 12.0 Å². The molecular formula is C19H24N4O2S. The number of nitro benzene ring substituents is 1. The summed E-state index contributed by atoms with van der Waals surface area (Å²) in [6.45, 7) is 2.52. The van der Waals surface area contributed by atoms with Crippen molar-refractivity contribution in [3.8, 4) is 0 Å². The van der Waals surface area contributed by atoms with E-state index in [2.05, 4.69) is 41.3 Å². The van der Waals surface area contributed by atoms with Crippen molar-refractivity contribution >= 4 is 28.7 Å². The highest BCUT2D eigenvalue weighted by Crippen LogP contribution is 2.16. The maximum atomic E-state index is 10.8. The third-order valence-corrected chi connectivity index (χ3v) is 4.23. The van der Waals surface area contributed by atoms with Gasteiger partial charge in [0.1, 0.15) is 0 Å². The fourth-order valence-corrected chi connectivity index (χ4v) is 2.78. The summed E-state index contributed by atoms with van der Waals surface area (Å²) in [6, 6.07) is 16.5. The van der Waals surface area contributed by atoms with E-state index in [0.29, 0.717) is 11.7 Å². The lowest BCUT2D eigenvalue weighted by atomic mass is 10.2. The van der Waals surface area contributed by atoms with Crippen molar-refractivity contribution < 1.29 is 4.92 Å². The van der Waals surface area contributed by atoms with Crippen LogP contribution < -0.4 is 5.32 Å². The van der Waals surface area contributed by atoms with Gasteiger partial charge in [-0.3, -0.25) is 10.1 Å². The third kappa shape index (κ3) is 6.42. The van der Waals surface area contributed by atoms with Gasteiger partial charge in [-0.25, -0.2) is 0 Å². The summed E-state index contributed by atoms with van der Waals surface area (Å²) in [4.78, 5) is 14.6. The second kappa shape index (κ2) is 9.84. The molecule has 0 atom stereocenters. The molecule has 26 heavy (non-hydrogen) atoms. The number of benzene rings is 2. The lowest BCUT2D eigenvalue weighted by Gasteiger charge is -2.26. The molecule has 0 unspecified atom stereocenters. The van der Waals surface area contributed by atoms with Gasteiger partial charge in [0.2, 0.25) is 0 Å². The Morgan fingerprint density at radius 3 is 2.31 bits per heavy atom. The zero-order valence-corrected chi connectivity index (χ0v) is 15.9. The van der Waals surface area contributed by atoms with Gasteiger partial charge < -0.3 is 15.1 Å². The molecule has 0 spiro atoms. The average molecular weight is 372 g/mol. The van der Waals surface area contributed by atoms with E-state index in [-0.39, 0.29) is 5.69 Å². The molecule has 0 aliphatic carbocycles. The van der Waals surface area contributed by atoms with E-state index >= 15 is 0 Å². The Bertz CT molecular complexity index is 720. The number of nitro groups is 1. The van der Waals surface area contributed by atoms with Crippen LogP contribution in [0.15, 0.2) is 54.6 Å². The van der Waals surface area contributed by atoms with Crippen LogP contribution in [0, 0.1) is 10.1 Å². The minimum atomic E-state index is -0.412. The number of thiocarbonyl (C=S) groups is 1. The Labute approximate surface area is 159 Å². The Morgan fingerprint density at radius 1 is 1.08 bits per heavy atom. The normalized spacial score (nSPS) is 10.6. The first-order valence-corrected chi connectivity index (χ1v) is 8.85. The molecule has 0 aromatic heterocycles. The van der Waals surface area contributed by atoms with Crippen molar-refractivity contribution in [1.29, 1.82) is 0 Å². The van der Waals surface area contributed by atoms with Crippen LogP contribution in [0.5, 0.6) is 0 Å². The average Bonchev–Trinajstić information content (AvgIpc) is 2.62. The molecule has 0 aliphatic heterocycles. The molecule has 0 bridgehead atoms. The quantitative estimate of drug-likeness (QED) is 0.433. The highest BCUT2D eigenvalue weighted by atomic mass is 32.1. The van der Waals surface area contributed by atoms with E-state index in [0.717, 1.165) is 25.2 Å². The van der Waals surface area contributed by atoms with Crippen molar-refractivity contribution in [1.82, 2.24) is 9.80 Å². The van der Waals surface area contributed by atoms with Crippen molar-refractivity contribution in [2.45, 2.75) is 13.0 Å². The summed E-state index contributed by atoms with van der Waals surface area (Å²) in [6.07, 6.45) is 0.988. The van der Waals surface area contributed by atoms with Gasteiger partial charge in [-0.05, 0) is 57.0 Å². The van der Waals surface area contributed by atoms with E-state index in [1.807, 2.05) is 18.2 Å². The van der Waals surface area contributed by atoms with Crippen molar-refractivity contribution in [3.05, 3.63) is 70.3 Å². The molecule has 7 heteroatoms. The molecular weight excluding hydrogens is 348 g/mol. The highest BCUT2D eigenvalue weighted by Gasteiger charge is 2.12. The molecule has 0 radical (unpaired) electrons. The Morgan fingerprint density at radius 2 is 1.73 bits per heavy atom. The first-order valence-electron chi connectivity index (χ1n) is 8.45. The minimum absolute atomic E-state index is 0.0635. The zero-order chi connectivity index (χ0) is 18.9. The summed E-state index contributed by atoms with van der Waals surface area (Å²) in [5, 5.41) is 14.6. The standard InChI is InChI=1S/C19H24N4O2S/c1-21(2)13-6-14-22(15-16-7-4-3-5-8-16)19(26)20-17-9-11-18(12-10-17)23(24)25/h3-5,7-12H,6,13-15H2,1-2H3,(H,20,26). The maximum absolute atomic E-state index is 10.8.